The van der Waals surface area contributed by atoms with Gasteiger partial charge in [0.25, 0.3) is 0 Å². The molecule has 21 heavy (non-hydrogen) atoms. The van der Waals surface area contributed by atoms with E-state index in [1.54, 1.807) is 13.2 Å². The Kier molecular flexibility index (Phi) is 4.99. The van der Waals surface area contributed by atoms with Gasteiger partial charge < -0.3 is 25.1 Å². The highest BCUT2D eigenvalue weighted by Crippen LogP contribution is 2.09. The molecule has 1 aromatic heterocycles. The van der Waals surface area contributed by atoms with Gasteiger partial charge >= 0.3 is 12.0 Å². The van der Waals surface area contributed by atoms with Gasteiger partial charge in [0.1, 0.15) is 12.6 Å². The van der Waals surface area contributed by atoms with E-state index in [0.717, 1.165) is 5.76 Å². The summed E-state index contributed by atoms with van der Waals surface area (Å²) < 4.78 is 10.3. The number of nitrogens with one attached hydrogen (secondary N) is 2. The second-order valence-corrected chi connectivity index (χ2v) is 4.73. The van der Waals surface area contributed by atoms with Gasteiger partial charge in [-0.15, -0.1) is 0 Å². The van der Waals surface area contributed by atoms with Crippen molar-refractivity contribution in [3.63, 3.8) is 0 Å². The fraction of sp³-hybridized carbons (Fsp3) is 0.429. The molecule has 0 radical (unpaired) electrons. The molecule has 2 rings (SSSR count). The molecule has 0 aromatic carbocycles. The number of carbonyl (C=O) groups excluding carboxylic acids is 2. The number of carbonyl (C=O) groups is 2. The third-order valence-corrected chi connectivity index (χ3v) is 3.24. The Labute approximate surface area is 122 Å². The van der Waals surface area contributed by atoms with Gasteiger partial charge in [0, 0.05) is 0 Å². The van der Waals surface area contributed by atoms with E-state index in [2.05, 4.69) is 10.6 Å². The average Bonchev–Trinajstić information content (AvgIpc) is 2.99. The van der Waals surface area contributed by atoms with Crippen LogP contribution < -0.4 is 16.0 Å². The second kappa shape index (κ2) is 6.94. The third-order valence-electron chi connectivity index (χ3n) is 3.24. The lowest BCUT2D eigenvalue weighted by Crippen LogP contribution is -2.85. The van der Waals surface area contributed by atoms with Crippen LogP contribution in [0.15, 0.2) is 34.1 Å². The van der Waals surface area contributed by atoms with Crippen molar-refractivity contribution in [2.45, 2.75) is 19.9 Å². The van der Waals surface area contributed by atoms with Crippen molar-refractivity contribution in [2.75, 3.05) is 19.7 Å². The summed E-state index contributed by atoms with van der Waals surface area (Å²) in [6.07, 6.45) is 1.62. The second-order valence-electron chi connectivity index (χ2n) is 4.73. The van der Waals surface area contributed by atoms with E-state index < -0.39 is 5.97 Å². The van der Waals surface area contributed by atoms with Gasteiger partial charge in [0.05, 0.1) is 30.7 Å². The van der Waals surface area contributed by atoms with Crippen LogP contribution in [0.4, 0.5) is 4.79 Å². The van der Waals surface area contributed by atoms with Gasteiger partial charge in [0.15, 0.2) is 5.76 Å². The molecular weight excluding hydrogens is 274 g/mol. The Balaban J connectivity index is 2.05. The van der Waals surface area contributed by atoms with Crippen LogP contribution in [0, 0.1) is 0 Å². The number of hydrogen-bond acceptors (Lipinski definition) is 4. The summed E-state index contributed by atoms with van der Waals surface area (Å²) in [4.78, 5) is 23.3. The van der Waals surface area contributed by atoms with Gasteiger partial charge in [-0.2, -0.15) is 0 Å². The fourth-order valence-corrected chi connectivity index (χ4v) is 2.08. The van der Waals surface area contributed by atoms with Crippen LogP contribution in [-0.2, 0) is 9.53 Å². The highest BCUT2D eigenvalue weighted by molar-refractivity contribution is 5.93. The molecule has 4 N–H and O–H groups in total. The molecular formula is C14H20N3O4+. The van der Waals surface area contributed by atoms with E-state index >= 15 is 0 Å². The van der Waals surface area contributed by atoms with E-state index in [0.29, 0.717) is 24.4 Å². The molecule has 2 heterocycles. The number of ether oxygens (including phenoxy) is 1. The van der Waals surface area contributed by atoms with Gasteiger partial charge in [0.2, 0.25) is 0 Å². The molecule has 7 heteroatoms. The maximum atomic E-state index is 11.9. The molecule has 1 aliphatic rings. The summed E-state index contributed by atoms with van der Waals surface area (Å²) in [5.74, 6) is 0.438. The van der Waals surface area contributed by atoms with Crippen LogP contribution in [0.1, 0.15) is 25.6 Å². The van der Waals surface area contributed by atoms with Crippen LogP contribution in [0.3, 0.4) is 0 Å². The minimum Gasteiger partial charge on any atom is -0.463 e. The lowest BCUT2D eigenvalue weighted by Gasteiger charge is -2.21. The van der Waals surface area contributed by atoms with E-state index in [9.17, 15) is 9.59 Å². The smallest absolute Gasteiger partial charge is 0.337 e. The first kappa shape index (κ1) is 15.1. The largest absolute Gasteiger partial charge is 0.463 e. The van der Waals surface area contributed by atoms with Crippen molar-refractivity contribution in [1.29, 1.82) is 0 Å². The number of quaternary nitrogens is 1. The Morgan fingerprint density at radius 2 is 2.38 bits per heavy atom. The van der Waals surface area contributed by atoms with E-state index in [1.165, 1.54) is 0 Å². The minimum atomic E-state index is -0.404. The Hall–Kier alpha value is -2.28. The van der Waals surface area contributed by atoms with Crippen molar-refractivity contribution < 1.29 is 24.1 Å². The number of rotatable bonds is 6. The fourth-order valence-electron chi connectivity index (χ4n) is 2.08. The highest BCUT2D eigenvalue weighted by Gasteiger charge is 2.25. The van der Waals surface area contributed by atoms with Gasteiger partial charge in [-0.3, -0.25) is 0 Å². The van der Waals surface area contributed by atoms with E-state index in [1.807, 2.05) is 24.4 Å². The first-order valence-corrected chi connectivity index (χ1v) is 6.92. The standard InChI is InChI=1S/C14H19N3O4/c1-3-20-13(18)10-7-16-14(19)17-11(10)8-15-9(2)12-5-4-6-21-12/h4-6,9,15H,3,7-8H2,1-2H3,(H2,16,17,19)/p+1/t9-/m1/s1. The summed E-state index contributed by atoms with van der Waals surface area (Å²) >= 11 is 0. The van der Waals surface area contributed by atoms with Crippen molar-refractivity contribution in [3.05, 3.63) is 35.4 Å². The van der Waals surface area contributed by atoms with Crippen molar-refractivity contribution >= 4 is 12.0 Å². The average molecular weight is 294 g/mol. The van der Waals surface area contributed by atoms with Crippen LogP contribution in [0.5, 0.6) is 0 Å². The summed E-state index contributed by atoms with van der Waals surface area (Å²) in [5.41, 5.74) is 1.04. The summed E-state index contributed by atoms with van der Waals surface area (Å²) in [6, 6.07) is 3.50. The predicted octanol–water partition coefficient (Wildman–Crippen LogP) is 0.0340. The summed E-state index contributed by atoms with van der Waals surface area (Å²) in [5, 5.41) is 7.23. The molecule has 0 saturated carbocycles. The monoisotopic (exact) mass is 294 g/mol. The number of furan rings is 1. The molecule has 0 unspecified atom stereocenters. The normalized spacial score (nSPS) is 16.2. The zero-order chi connectivity index (χ0) is 15.2. The van der Waals surface area contributed by atoms with Gasteiger partial charge in [-0.25, -0.2) is 9.59 Å². The molecule has 1 aromatic rings. The zero-order valence-electron chi connectivity index (χ0n) is 12.1. The van der Waals surface area contributed by atoms with Crippen LogP contribution in [-0.4, -0.2) is 31.7 Å². The summed E-state index contributed by atoms with van der Waals surface area (Å²) in [6.45, 7) is 4.69. The molecule has 7 nitrogen and oxygen atoms in total. The summed E-state index contributed by atoms with van der Waals surface area (Å²) in [7, 11) is 0. The quantitative estimate of drug-likeness (QED) is 0.645. The molecule has 0 fully saturated rings. The van der Waals surface area contributed by atoms with Crippen molar-refractivity contribution in [1.82, 2.24) is 10.6 Å². The molecule has 1 atom stereocenters. The molecule has 114 valence electrons. The van der Waals surface area contributed by atoms with Gasteiger partial charge in [-0.05, 0) is 26.0 Å². The minimum absolute atomic E-state index is 0.0859. The molecule has 2 amide bonds. The number of urea groups is 1. The maximum absolute atomic E-state index is 11.9. The molecule has 0 aliphatic carbocycles. The number of amides is 2. The topological polar surface area (TPSA) is 97.2 Å². The van der Waals surface area contributed by atoms with Crippen LogP contribution >= 0.6 is 0 Å². The van der Waals surface area contributed by atoms with E-state index in [-0.39, 0.29) is 18.6 Å². The Morgan fingerprint density at radius 1 is 1.57 bits per heavy atom. The number of esters is 1. The first-order valence-electron chi connectivity index (χ1n) is 6.92. The maximum Gasteiger partial charge on any atom is 0.337 e. The Morgan fingerprint density at radius 3 is 3.05 bits per heavy atom. The molecule has 0 bridgehead atoms. The third kappa shape index (κ3) is 3.85. The highest BCUT2D eigenvalue weighted by atomic mass is 16.5. The molecule has 0 saturated heterocycles. The van der Waals surface area contributed by atoms with Crippen molar-refractivity contribution in [2.24, 2.45) is 0 Å². The predicted molar refractivity (Wildman–Crippen MR) is 74.1 cm³/mol. The lowest BCUT2D eigenvalue weighted by atomic mass is 10.1. The van der Waals surface area contributed by atoms with Crippen LogP contribution in [0.25, 0.3) is 0 Å². The number of hydrogen-bond donors (Lipinski definition) is 3. The number of nitrogens with two attached hydrogens (primary N) is 1. The SMILES string of the molecule is CCOC(=O)C1=C(C[NH2+][C@H](C)c2ccco2)NC(=O)NC1. The van der Waals surface area contributed by atoms with Gasteiger partial charge in [-0.1, -0.05) is 0 Å². The zero-order valence-corrected chi connectivity index (χ0v) is 12.1. The molecule has 1 aliphatic heterocycles. The van der Waals surface area contributed by atoms with Crippen molar-refractivity contribution in [3.8, 4) is 0 Å². The van der Waals surface area contributed by atoms with Crippen LogP contribution in [0.2, 0.25) is 0 Å². The van der Waals surface area contributed by atoms with E-state index in [4.69, 9.17) is 9.15 Å². The first-order chi connectivity index (χ1) is 10.1. The molecule has 0 spiro atoms. The Bertz CT molecular complexity index is 536. The lowest BCUT2D eigenvalue weighted by molar-refractivity contribution is -0.688.